The number of aliphatic hydroxyl groups is 1. The van der Waals surface area contributed by atoms with Gasteiger partial charge in [-0.25, -0.2) is 19.6 Å². The summed E-state index contributed by atoms with van der Waals surface area (Å²) in [4.78, 5) is 25.2. The molecular formula is C27H24F3N9O2. The maximum absolute atomic E-state index is 13.0. The van der Waals surface area contributed by atoms with Crippen molar-refractivity contribution in [2.75, 3.05) is 17.7 Å². The van der Waals surface area contributed by atoms with E-state index < -0.39 is 17.6 Å². The Hall–Kier alpha value is -4.85. The molecule has 0 saturated heterocycles. The van der Waals surface area contributed by atoms with Gasteiger partial charge >= 0.3 is 6.18 Å². The molecule has 1 aromatic carbocycles. The zero-order chi connectivity index (χ0) is 28.7. The molecule has 0 fully saturated rings. The van der Waals surface area contributed by atoms with Gasteiger partial charge in [0.15, 0.2) is 5.65 Å². The topological polar surface area (TPSA) is 150 Å². The Labute approximate surface area is 230 Å². The second-order valence-electron chi connectivity index (χ2n) is 9.64. The van der Waals surface area contributed by atoms with Gasteiger partial charge in [-0.3, -0.25) is 9.48 Å². The minimum Gasteiger partial charge on any atom is -0.394 e. The number of carbonyl (C=O) groups excluding carboxylic acids is 1. The van der Waals surface area contributed by atoms with Crippen molar-refractivity contribution in [1.82, 2.24) is 34.5 Å². The molecular weight excluding hydrogens is 539 g/mol. The monoisotopic (exact) mass is 563 g/mol. The fourth-order valence-electron chi connectivity index (χ4n) is 5.10. The number of aromatic nitrogens is 7. The predicted octanol–water partition coefficient (Wildman–Crippen LogP) is 3.86. The first-order valence-electron chi connectivity index (χ1n) is 12.8. The van der Waals surface area contributed by atoms with E-state index in [0.717, 1.165) is 48.8 Å². The number of nitrogens with zero attached hydrogens (tertiary/aromatic N) is 7. The Kier molecular flexibility index (Phi) is 6.61. The first kappa shape index (κ1) is 26.4. The Morgan fingerprint density at radius 1 is 1.12 bits per heavy atom. The third-order valence-electron chi connectivity index (χ3n) is 7.01. The van der Waals surface area contributed by atoms with E-state index in [0.29, 0.717) is 28.8 Å². The number of aliphatic hydroxyl groups excluding tert-OH is 1. The Balaban J connectivity index is 1.32. The second-order valence-corrected chi connectivity index (χ2v) is 9.64. The molecule has 4 aromatic heterocycles. The van der Waals surface area contributed by atoms with Crippen molar-refractivity contribution in [1.29, 1.82) is 0 Å². The third-order valence-corrected chi connectivity index (χ3v) is 7.01. The fourth-order valence-corrected chi connectivity index (χ4v) is 5.10. The summed E-state index contributed by atoms with van der Waals surface area (Å²) in [6.45, 7) is 0.373. The molecule has 41 heavy (non-hydrogen) atoms. The lowest BCUT2D eigenvalue weighted by molar-refractivity contribution is -0.137. The van der Waals surface area contributed by atoms with E-state index >= 15 is 0 Å². The number of carbonyl (C=O) groups is 1. The first-order chi connectivity index (χ1) is 19.7. The van der Waals surface area contributed by atoms with Crippen molar-refractivity contribution in [3.05, 3.63) is 77.5 Å². The van der Waals surface area contributed by atoms with Crippen LogP contribution in [-0.4, -0.2) is 52.1 Å². The number of nitrogens with two attached hydrogens (primary N) is 1. The summed E-state index contributed by atoms with van der Waals surface area (Å²) in [5.41, 5.74) is 9.28. The third kappa shape index (κ3) is 4.97. The van der Waals surface area contributed by atoms with Gasteiger partial charge in [-0.05, 0) is 43.5 Å². The van der Waals surface area contributed by atoms with Crippen LogP contribution in [0, 0.1) is 0 Å². The molecule has 1 atom stereocenters. The molecule has 4 N–H and O–H groups in total. The van der Waals surface area contributed by atoms with E-state index in [4.69, 9.17) is 10.8 Å². The Bertz CT molecular complexity index is 1750. The van der Waals surface area contributed by atoms with Crippen molar-refractivity contribution in [2.45, 2.75) is 38.0 Å². The van der Waals surface area contributed by atoms with Crippen molar-refractivity contribution in [3.63, 3.8) is 0 Å². The van der Waals surface area contributed by atoms with Gasteiger partial charge in [0.05, 0.1) is 35.8 Å². The normalized spacial score (nSPS) is 15.2. The summed E-state index contributed by atoms with van der Waals surface area (Å²) >= 11 is 0. The van der Waals surface area contributed by atoms with E-state index in [2.05, 4.69) is 25.4 Å². The average molecular weight is 564 g/mol. The number of benzene rings is 1. The molecule has 14 heteroatoms. The summed E-state index contributed by atoms with van der Waals surface area (Å²) in [6.07, 6.45) is 2.28. The number of anilines is 2. The van der Waals surface area contributed by atoms with Crippen LogP contribution >= 0.6 is 0 Å². The maximum Gasteiger partial charge on any atom is 0.416 e. The molecule has 1 aliphatic rings. The summed E-state index contributed by atoms with van der Waals surface area (Å²) in [6, 6.07) is 7.90. The second kappa shape index (κ2) is 10.3. The quantitative estimate of drug-likeness (QED) is 0.282. The van der Waals surface area contributed by atoms with Crippen LogP contribution < -0.4 is 11.1 Å². The Morgan fingerprint density at radius 2 is 1.93 bits per heavy atom. The van der Waals surface area contributed by atoms with Crippen LogP contribution in [0.5, 0.6) is 0 Å². The summed E-state index contributed by atoms with van der Waals surface area (Å²) in [5, 5.41) is 21.8. The van der Waals surface area contributed by atoms with E-state index in [1.807, 2.05) is 10.9 Å². The zero-order valence-electron chi connectivity index (χ0n) is 21.5. The highest BCUT2D eigenvalue weighted by atomic mass is 19.4. The zero-order valence-corrected chi connectivity index (χ0v) is 21.5. The minimum atomic E-state index is -4.55. The SMILES string of the molecule is Nc1ncnc2c1c(-c1ccc(C(=O)Nc3cc(C(F)(F)F)ccn3)cc1)nn2C1CCCc2nn(CCO)cc21. The van der Waals surface area contributed by atoms with Crippen LogP contribution in [0.2, 0.25) is 0 Å². The van der Waals surface area contributed by atoms with Gasteiger partial charge in [-0.2, -0.15) is 23.4 Å². The summed E-state index contributed by atoms with van der Waals surface area (Å²) in [7, 11) is 0. The highest BCUT2D eigenvalue weighted by Crippen LogP contribution is 2.38. The van der Waals surface area contributed by atoms with E-state index in [1.165, 1.54) is 6.33 Å². The van der Waals surface area contributed by atoms with Crippen LogP contribution in [-0.2, 0) is 19.1 Å². The van der Waals surface area contributed by atoms with E-state index in [9.17, 15) is 23.1 Å². The molecule has 11 nitrogen and oxygen atoms in total. The number of hydrogen-bond donors (Lipinski definition) is 3. The maximum atomic E-state index is 13.0. The molecule has 6 rings (SSSR count). The van der Waals surface area contributed by atoms with Gasteiger partial charge in [0.1, 0.15) is 23.7 Å². The Morgan fingerprint density at radius 3 is 2.68 bits per heavy atom. The molecule has 5 aromatic rings. The molecule has 1 amide bonds. The number of fused-ring (bicyclic) bond motifs is 2. The molecule has 0 radical (unpaired) electrons. The van der Waals surface area contributed by atoms with Gasteiger partial charge in [-0.15, -0.1) is 0 Å². The molecule has 1 unspecified atom stereocenters. The van der Waals surface area contributed by atoms with Crippen LogP contribution in [0.15, 0.2) is 55.1 Å². The number of pyridine rings is 1. The lowest BCUT2D eigenvalue weighted by atomic mass is 9.93. The average Bonchev–Trinajstić information content (AvgIpc) is 3.55. The molecule has 0 saturated carbocycles. The van der Waals surface area contributed by atoms with Crippen LogP contribution in [0.25, 0.3) is 22.3 Å². The van der Waals surface area contributed by atoms with Crippen molar-refractivity contribution >= 4 is 28.6 Å². The minimum absolute atomic E-state index is 0.0195. The van der Waals surface area contributed by atoms with Gasteiger partial charge < -0.3 is 16.2 Å². The van der Waals surface area contributed by atoms with Crippen LogP contribution in [0.1, 0.15) is 46.1 Å². The molecule has 0 bridgehead atoms. The number of halogens is 3. The van der Waals surface area contributed by atoms with Crippen molar-refractivity contribution in [3.8, 4) is 11.3 Å². The molecule has 210 valence electrons. The summed E-state index contributed by atoms with van der Waals surface area (Å²) in [5.74, 6) is -0.574. The van der Waals surface area contributed by atoms with Gasteiger partial charge in [0.2, 0.25) is 0 Å². The van der Waals surface area contributed by atoms with Crippen molar-refractivity contribution < 1.29 is 23.1 Å². The van der Waals surface area contributed by atoms with Crippen LogP contribution in [0.3, 0.4) is 0 Å². The largest absolute Gasteiger partial charge is 0.416 e. The number of nitrogens with one attached hydrogen (secondary N) is 1. The molecule has 0 spiro atoms. The van der Waals surface area contributed by atoms with Gasteiger partial charge in [0, 0.05) is 29.1 Å². The standard InChI is InChI=1S/C27H24F3N9O2/c28-27(29,30)17-8-9-32-21(12-17)35-26(41)16-6-4-15(5-7-16)23-22-24(31)33-14-34-25(22)39(37-23)20-3-1-2-19-18(20)13-38(36-19)10-11-40/h4-9,12-14,20,40H,1-3,10-11H2,(H2,31,33,34)(H,32,35,41). The predicted molar refractivity (Wildman–Crippen MR) is 143 cm³/mol. The number of alkyl halides is 3. The smallest absolute Gasteiger partial charge is 0.394 e. The molecule has 1 aliphatic carbocycles. The number of aryl methyl sites for hydroxylation is 1. The van der Waals surface area contributed by atoms with Crippen LogP contribution in [0.4, 0.5) is 24.8 Å². The lowest BCUT2D eigenvalue weighted by Gasteiger charge is -2.22. The fraction of sp³-hybridized carbons (Fsp3) is 0.259. The van der Waals surface area contributed by atoms with Crippen molar-refractivity contribution in [2.24, 2.45) is 0 Å². The number of amides is 1. The highest BCUT2D eigenvalue weighted by molar-refractivity contribution is 6.04. The number of nitrogen functional groups attached to an aromatic ring is 1. The first-order valence-corrected chi connectivity index (χ1v) is 12.8. The van der Waals surface area contributed by atoms with E-state index in [-0.39, 0.29) is 29.8 Å². The van der Waals surface area contributed by atoms with E-state index in [1.54, 1.807) is 28.9 Å². The number of hydrogen-bond acceptors (Lipinski definition) is 8. The highest BCUT2D eigenvalue weighted by Gasteiger charge is 2.31. The molecule has 4 heterocycles. The summed E-state index contributed by atoms with van der Waals surface area (Å²) < 4.78 is 42.6. The van der Waals surface area contributed by atoms with Gasteiger partial charge in [0.25, 0.3) is 5.91 Å². The molecule has 0 aliphatic heterocycles. The number of rotatable bonds is 6. The van der Waals surface area contributed by atoms with Gasteiger partial charge in [-0.1, -0.05) is 12.1 Å². The lowest BCUT2D eigenvalue weighted by Crippen LogP contribution is -2.18.